The van der Waals surface area contributed by atoms with Crippen molar-refractivity contribution in [2.45, 2.75) is 12.8 Å². The van der Waals surface area contributed by atoms with Crippen LogP contribution in [0.5, 0.6) is 5.75 Å². The number of halogens is 1. The Bertz CT molecular complexity index is 616. The molecular formula is C17H19BrN2OS. The van der Waals surface area contributed by atoms with Crippen LogP contribution < -0.4 is 15.4 Å². The molecule has 0 spiro atoms. The zero-order chi connectivity index (χ0) is 15.8. The molecule has 2 N–H and O–H groups in total. The van der Waals surface area contributed by atoms with E-state index in [-0.39, 0.29) is 0 Å². The first-order chi connectivity index (χ1) is 10.7. The van der Waals surface area contributed by atoms with Crippen LogP contribution in [0.4, 0.5) is 5.69 Å². The molecule has 3 nitrogen and oxygen atoms in total. The van der Waals surface area contributed by atoms with Gasteiger partial charge in [-0.3, -0.25) is 0 Å². The Morgan fingerprint density at radius 1 is 1.18 bits per heavy atom. The van der Waals surface area contributed by atoms with Gasteiger partial charge in [0.15, 0.2) is 5.11 Å². The van der Waals surface area contributed by atoms with Gasteiger partial charge < -0.3 is 15.4 Å². The second kappa shape index (κ2) is 8.76. The highest BCUT2D eigenvalue weighted by atomic mass is 79.9. The zero-order valence-electron chi connectivity index (χ0n) is 12.4. The Balaban J connectivity index is 1.69. The number of thiocarbonyl (C=S) groups is 1. The molecule has 22 heavy (non-hydrogen) atoms. The number of methoxy groups -OCH3 is 1. The van der Waals surface area contributed by atoms with Gasteiger partial charge in [-0.05, 0) is 67.0 Å². The molecule has 0 fully saturated rings. The van der Waals surface area contributed by atoms with Crippen molar-refractivity contribution in [3.8, 4) is 5.75 Å². The first kappa shape index (κ1) is 16.8. The van der Waals surface area contributed by atoms with Crippen molar-refractivity contribution in [1.29, 1.82) is 0 Å². The predicted octanol–water partition coefficient (Wildman–Crippen LogP) is 4.38. The summed E-state index contributed by atoms with van der Waals surface area (Å²) in [6.45, 7) is 0.833. The lowest BCUT2D eigenvalue weighted by atomic mass is 10.1. The topological polar surface area (TPSA) is 33.3 Å². The van der Waals surface area contributed by atoms with Crippen LogP contribution in [0.2, 0.25) is 0 Å². The molecular weight excluding hydrogens is 360 g/mol. The molecule has 2 aromatic rings. The third-order valence-corrected chi connectivity index (χ3v) is 3.94. The molecule has 2 rings (SSSR count). The van der Waals surface area contributed by atoms with Crippen molar-refractivity contribution in [3.05, 3.63) is 58.6 Å². The van der Waals surface area contributed by atoms with E-state index in [1.807, 2.05) is 36.4 Å². The van der Waals surface area contributed by atoms with E-state index in [0.717, 1.165) is 35.3 Å². The summed E-state index contributed by atoms with van der Waals surface area (Å²) in [6.07, 6.45) is 2.00. The Kier molecular flexibility index (Phi) is 6.68. The summed E-state index contributed by atoms with van der Waals surface area (Å²) in [6, 6.07) is 16.1. The maximum absolute atomic E-state index is 5.28. The van der Waals surface area contributed by atoms with Gasteiger partial charge in [-0.25, -0.2) is 0 Å². The van der Waals surface area contributed by atoms with Crippen LogP contribution in [0.1, 0.15) is 12.0 Å². The molecule has 2 aromatic carbocycles. The van der Waals surface area contributed by atoms with Crippen LogP contribution in [-0.2, 0) is 6.42 Å². The lowest BCUT2D eigenvalue weighted by Crippen LogP contribution is -2.29. The largest absolute Gasteiger partial charge is 0.497 e. The van der Waals surface area contributed by atoms with Gasteiger partial charge in [0, 0.05) is 16.7 Å². The highest BCUT2D eigenvalue weighted by Gasteiger charge is 1.99. The second-order valence-corrected chi connectivity index (χ2v) is 6.17. The number of nitrogens with one attached hydrogen (secondary N) is 2. The van der Waals surface area contributed by atoms with Crippen molar-refractivity contribution >= 4 is 38.9 Å². The fourth-order valence-electron chi connectivity index (χ4n) is 2.03. The number of hydrogen-bond acceptors (Lipinski definition) is 2. The molecule has 0 unspecified atom stereocenters. The second-order valence-electron chi connectivity index (χ2n) is 4.84. The lowest BCUT2D eigenvalue weighted by Gasteiger charge is -2.10. The molecule has 0 saturated carbocycles. The van der Waals surface area contributed by atoms with Crippen LogP contribution in [0, 0.1) is 0 Å². The normalized spacial score (nSPS) is 10.1. The standard InChI is InChI=1S/C17H19BrN2OS/c1-21-16-6-2-4-13(12-16)5-3-11-19-17(22)20-15-9-7-14(18)8-10-15/h2,4,6-10,12H,3,5,11H2,1H3,(H2,19,20,22). The van der Waals surface area contributed by atoms with Gasteiger partial charge >= 0.3 is 0 Å². The molecule has 0 heterocycles. The fourth-order valence-corrected chi connectivity index (χ4v) is 2.52. The van der Waals surface area contributed by atoms with Gasteiger partial charge in [0.05, 0.1) is 7.11 Å². The van der Waals surface area contributed by atoms with Crippen molar-refractivity contribution in [1.82, 2.24) is 5.32 Å². The Morgan fingerprint density at radius 2 is 1.95 bits per heavy atom. The molecule has 0 radical (unpaired) electrons. The van der Waals surface area contributed by atoms with Crippen LogP contribution in [0.3, 0.4) is 0 Å². The smallest absolute Gasteiger partial charge is 0.170 e. The Morgan fingerprint density at radius 3 is 2.68 bits per heavy atom. The van der Waals surface area contributed by atoms with Gasteiger partial charge in [-0.1, -0.05) is 28.1 Å². The number of ether oxygens (including phenoxy) is 1. The van der Waals surface area contributed by atoms with Gasteiger partial charge in [0.2, 0.25) is 0 Å². The molecule has 0 bridgehead atoms. The summed E-state index contributed by atoms with van der Waals surface area (Å²) >= 11 is 8.69. The van der Waals surface area contributed by atoms with Crippen molar-refractivity contribution in [3.63, 3.8) is 0 Å². The number of anilines is 1. The van der Waals surface area contributed by atoms with Gasteiger partial charge in [0.1, 0.15) is 5.75 Å². The molecule has 0 aliphatic rings. The SMILES string of the molecule is COc1cccc(CCCNC(=S)Nc2ccc(Br)cc2)c1. The molecule has 0 saturated heterocycles. The third-order valence-electron chi connectivity index (χ3n) is 3.16. The van der Waals surface area contributed by atoms with E-state index in [2.05, 4.69) is 38.7 Å². The average Bonchev–Trinajstić information content (AvgIpc) is 2.54. The third kappa shape index (κ3) is 5.66. The van der Waals surface area contributed by atoms with E-state index >= 15 is 0 Å². The Labute approximate surface area is 145 Å². The molecule has 0 aliphatic carbocycles. The van der Waals surface area contributed by atoms with E-state index in [1.165, 1.54) is 5.56 Å². The van der Waals surface area contributed by atoms with Crippen LogP contribution >= 0.6 is 28.1 Å². The van der Waals surface area contributed by atoms with Crippen molar-refractivity contribution in [2.75, 3.05) is 19.0 Å². The predicted molar refractivity (Wildman–Crippen MR) is 99.7 cm³/mol. The number of hydrogen-bond donors (Lipinski definition) is 2. The minimum atomic E-state index is 0.646. The number of rotatable bonds is 6. The highest BCUT2D eigenvalue weighted by molar-refractivity contribution is 9.10. The van der Waals surface area contributed by atoms with E-state index < -0.39 is 0 Å². The maximum atomic E-state index is 5.28. The fraction of sp³-hybridized carbons (Fsp3) is 0.235. The summed E-state index contributed by atoms with van der Waals surface area (Å²) in [5, 5.41) is 7.03. The zero-order valence-corrected chi connectivity index (χ0v) is 14.8. The summed E-state index contributed by atoms with van der Waals surface area (Å²) in [7, 11) is 1.69. The molecule has 5 heteroatoms. The lowest BCUT2D eigenvalue weighted by molar-refractivity contribution is 0.414. The Hall–Kier alpha value is -1.59. The summed E-state index contributed by atoms with van der Waals surface area (Å²) in [4.78, 5) is 0. The quantitative estimate of drug-likeness (QED) is 0.577. The summed E-state index contributed by atoms with van der Waals surface area (Å²) < 4.78 is 6.28. The molecule has 0 aliphatic heterocycles. The number of benzene rings is 2. The minimum absolute atomic E-state index is 0.646. The van der Waals surface area contributed by atoms with E-state index in [1.54, 1.807) is 7.11 Å². The van der Waals surface area contributed by atoms with Crippen LogP contribution in [-0.4, -0.2) is 18.8 Å². The van der Waals surface area contributed by atoms with E-state index in [0.29, 0.717) is 5.11 Å². The molecule has 0 aromatic heterocycles. The molecule has 116 valence electrons. The first-order valence-electron chi connectivity index (χ1n) is 7.11. The maximum Gasteiger partial charge on any atom is 0.170 e. The summed E-state index contributed by atoms with van der Waals surface area (Å²) in [5.41, 5.74) is 2.25. The van der Waals surface area contributed by atoms with E-state index in [9.17, 15) is 0 Å². The highest BCUT2D eigenvalue weighted by Crippen LogP contribution is 2.14. The number of aryl methyl sites for hydroxylation is 1. The van der Waals surface area contributed by atoms with Crippen LogP contribution in [0.25, 0.3) is 0 Å². The molecule has 0 amide bonds. The molecule has 0 atom stereocenters. The van der Waals surface area contributed by atoms with Gasteiger partial charge in [0.25, 0.3) is 0 Å². The van der Waals surface area contributed by atoms with Gasteiger partial charge in [-0.15, -0.1) is 0 Å². The van der Waals surface area contributed by atoms with E-state index in [4.69, 9.17) is 17.0 Å². The first-order valence-corrected chi connectivity index (χ1v) is 8.31. The van der Waals surface area contributed by atoms with Crippen molar-refractivity contribution < 1.29 is 4.74 Å². The van der Waals surface area contributed by atoms with Crippen molar-refractivity contribution in [2.24, 2.45) is 0 Å². The van der Waals surface area contributed by atoms with Crippen LogP contribution in [0.15, 0.2) is 53.0 Å². The minimum Gasteiger partial charge on any atom is -0.497 e. The summed E-state index contributed by atoms with van der Waals surface area (Å²) in [5.74, 6) is 0.901. The monoisotopic (exact) mass is 378 g/mol. The average molecular weight is 379 g/mol. The van der Waals surface area contributed by atoms with Gasteiger partial charge in [-0.2, -0.15) is 0 Å².